The summed E-state index contributed by atoms with van der Waals surface area (Å²) in [7, 11) is 0. The molecule has 3 aromatic rings. The van der Waals surface area contributed by atoms with Crippen molar-refractivity contribution in [3.63, 3.8) is 0 Å². The third-order valence-corrected chi connectivity index (χ3v) is 6.24. The predicted molar refractivity (Wildman–Crippen MR) is 136 cm³/mol. The van der Waals surface area contributed by atoms with Crippen LogP contribution in [-0.2, 0) is 6.54 Å². The molecule has 4 rings (SSSR count). The van der Waals surface area contributed by atoms with Crippen LogP contribution in [-0.4, -0.2) is 29.5 Å². The second-order valence-electron chi connectivity index (χ2n) is 8.12. The summed E-state index contributed by atoms with van der Waals surface area (Å²) in [6.07, 6.45) is 0.0393. The van der Waals surface area contributed by atoms with Gasteiger partial charge in [-0.2, -0.15) is 0 Å². The number of nitro benzene ring substituents is 1. The molecule has 0 bridgehead atoms. The Morgan fingerprint density at radius 2 is 1.94 bits per heavy atom. The lowest BCUT2D eigenvalue weighted by molar-refractivity contribution is -0.385. The second kappa shape index (κ2) is 10.6. The molecule has 0 saturated heterocycles. The van der Waals surface area contributed by atoms with Gasteiger partial charge in [-0.3, -0.25) is 14.9 Å². The number of carbonyl (C=O) groups is 2. The molecule has 0 aliphatic carbocycles. The van der Waals surface area contributed by atoms with Gasteiger partial charge >= 0.3 is 6.09 Å². The maximum atomic E-state index is 13.4. The van der Waals surface area contributed by atoms with Crippen molar-refractivity contribution in [1.82, 2.24) is 5.32 Å². The van der Waals surface area contributed by atoms with E-state index in [1.807, 2.05) is 37.3 Å². The summed E-state index contributed by atoms with van der Waals surface area (Å²) in [4.78, 5) is 38.1. The number of rotatable bonds is 5. The fraction of sp³-hybridized carbons (Fsp3) is 0.200. The number of nitrogens with one attached hydrogen (secondary N) is 2. The Bertz CT molecular complexity index is 1270. The molecule has 1 atom stereocenters. The first kappa shape index (κ1) is 24.2. The lowest BCUT2D eigenvalue weighted by atomic mass is 10.1. The molecule has 1 unspecified atom stereocenters. The minimum absolute atomic E-state index is 0.0896. The molecule has 2 amide bonds. The number of nitrogens with zero attached hydrogens (tertiary/aromatic N) is 2. The minimum Gasteiger partial charge on any atom is -0.410 e. The molecule has 2 N–H and O–H groups in total. The van der Waals surface area contributed by atoms with Crippen molar-refractivity contribution < 1.29 is 19.2 Å². The van der Waals surface area contributed by atoms with E-state index in [4.69, 9.17) is 4.74 Å². The Morgan fingerprint density at radius 3 is 2.69 bits per heavy atom. The maximum Gasteiger partial charge on any atom is 0.412 e. The third kappa shape index (κ3) is 5.78. The number of anilines is 2. The van der Waals surface area contributed by atoms with E-state index in [2.05, 4.69) is 26.6 Å². The molecule has 35 heavy (non-hydrogen) atoms. The first-order valence-electron chi connectivity index (χ1n) is 11.0. The van der Waals surface area contributed by atoms with Crippen LogP contribution in [0.4, 0.5) is 21.9 Å². The highest BCUT2D eigenvalue weighted by Gasteiger charge is 2.27. The van der Waals surface area contributed by atoms with Crippen molar-refractivity contribution in [2.75, 3.05) is 16.8 Å². The van der Waals surface area contributed by atoms with Crippen molar-refractivity contribution >= 4 is 45.0 Å². The fourth-order valence-corrected chi connectivity index (χ4v) is 4.16. The van der Waals surface area contributed by atoms with Crippen molar-refractivity contribution in [1.29, 1.82) is 0 Å². The number of fused-ring (bicyclic) bond motifs is 1. The zero-order valence-electron chi connectivity index (χ0n) is 18.9. The van der Waals surface area contributed by atoms with Gasteiger partial charge in [-0.05, 0) is 59.1 Å². The number of halogens is 1. The first-order valence-corrected chi connectivity index (χ1v) is 11.8. The highest BCUT2D eigenvalue weighted by molar-refractivity contribution is 9.10. The van der Waals surface area contributed by atoms with Crippen LogP contribution in [0, 0.1) is 10.1 Å². The minimum atomic E-state index is -0.620. The highest BCUT2D eigenvalue weighted by atomic mass is 79.9. The fourth-order valence-electron chi connectivity index (χ4n) is 3.77. The highest BCUT2D eigenvalue weighted by Crippen LogP contribution is 2.35. The van der Waals surface area contributed by atoms with E-state index >= 15 is 0 Å². The summed E-state index contributed by atoms with van der Waals surface area (Å²) in [6.45, 7) is 2.70. The van der Waals surface area contributed by atoms with E-state index in [9.17, 15) is 19.7 Å². The van der Waals surface area contributed by atoms with Gasteiger partial charge in [0.05, 0.1) is 20.8 Å². The van der Waals surface area contributed by atoms with Gasteiger partial charge in [-0.25, -0.2) is 4.79 Å². The summed E-state index contributed by atoms with van der Waals surface area (Å²) in [5, 5.41) is 17.4. The zero-order chi connectivity index (χ0) is 24.9. The van der Waals surface area contributed by atoms with Crippen LogP contribution >= 0.6 is 15.9 Å². The van der Waals surface area contributed by atoms with E-state index in [0.717, 1.165) is 5.56 Å². The quantitative estimate of drug-likeness (QED) is 0.327. The van der Waals surface area contributed by atoms with Gasteiger partial charge in [0.2, 0.25) is 0 Å². The van der Waals surface area contributed by atoms with Crippen molar-refractivity contribution in [3.8, 4) is 5.75 Å². The molecule has 0 saturated carbocycles. The van der Waals surface area contributed by atoms with Crippen LogP contribution in [0.1, 0.15) is 29.3 Å². The molecule has 1 heterocycles. The SMILES string of the molecule is CC1CCN(C(=O)c2ccc(Br)c([N+](=O)[O-])c2)c2cc(OC(=O)NCc3ccccc3)ccc2N1. The van der Waals surface area contributed by atoms with Gasteiger partial charge in [-0.15, -0.1) is 0 Å². The Kier molecular flexibility index (Phi) is 7.31. The largest absolute Gasteiger partial charge is 0.412 e. The first-order chi connectivity index (χ1) is 16.8. The molecule has 180 valence electrons. The monoisotopic (exact) mass is 538 g/mol. The molecule has 3 aromatic carbocycles. The molecular weight excluding hydrogens is 516 g/mol. The van der Waals surface area contributed by atoms with Crippen LogP contribution < -0.4 is 20.3 Å². The van der Waals surface area contributed by atoms with Crippen LogP contribution in [0.5, 0.6) is 5.75 Å². The smallest absolute Gasteiger partial charge is 0.410 e. The summed E-state index contributed by atoms with van der Waals surface area (Å²) in [5.41, 5.74) is 2.16. The molecule has 1 aliphatic rings. The van der Waals surface area contributed by atoms with Gasteiger partial charge in [-0.1, -0.05) is 30.3 Å². The number of nitro groups is 1. The topological polar surface area (TPSA) is 114 Å². The number of hydrogen-bond donors (Lipinski definition) is 2. The second-order valence-corrected chi connectivity index (χ2v) is 8.98. The van der Waals surface area contributed by atoms with Gasteiger partial charge in [0.25, 0.3) is 11.6 Å². The van der Waals surface area contributed by atoms with Gasteiger partial charge in [0.15, 0.2) is 0 Å². The summed E-state index contributed by atoms with van der Waals surface area (Å²) >= 11 is 3.15. The van der Waals surface area contributed by atoms with Gasteiger partial charge in [0, 0.05) is 36.8 Å². The average molecular weight is 539 g/mol. The number of hydrogen-bond acceptors (Lipinski definition) is 6. The van der Waals surface area contributed by atoms with E-state index in [1.54, 1.807) is 23.1 Å². The molecule has 0 radical (unpaired) electrons. The number of ether oxygens (including phenoxy) is 1. The molecule has 0 fully saturated rings. The maximum absolute atomic E-state index is 13.4. The standard InChI is InChI=1S/C25H23BrN4O5/c1-16-11-12-29(24(31)18-7-9-20(26)22(13-18)30(33)34)23-14-19(8-10-21(23)28-16)35-25(32)27-15-17-5-3-2-4-6-17/h2-10,13-14,16,28H,11-12,15H2,1H3,(H,27,32). The Labute approximate surface area is 210 Å². The number of benzene rings is 3. The van der Waals surface area contributed by atoms with Crippen LogP contribution in [0.25, 0.3) is 0 Å². The molecule has 0 spiro atoms. The summed E-state index contributed by atoms with van der Waals surface area (Å²) in [6, 6.07) is 18.8. The molecule has 0 aromatic heterocycles. The average Bonchev–Trinajstić information content (AvgIpc) is 3.01. The summed E-state index contributed by atoms with van der Waals surface area (Å²) < 4.78 is 5.75. The predicted octanol–water partition coefficient (Wildman–Crippen LogP) is 5.50. The normalized spacial score (nSPS) is 14.8. The van der Waals surface area contributed by atoms with E-state index < -0.39 is 11.0 Å². The van der Waals surface area contributed by atoms with Crippen molar-refractivity contribution in [2.45, 2.75) is 25.9 Å². The van der Waals surface area contributed by atoms with E-state index in [0.29, 0.717) is 35.4 Å². The van der Waals surface area contributed by atoms with Gasteiger partial charge < -0.3 is 20.3 Å². The third-order valence-electron chi connectivity index (χ3n) is 5.57. The number of amides is 2. The summed E-state index contributed by atoms with van der Waals surface area (Å²) in [5.74, 6) is -0.117. The Balaban J connectivity index is 1.58. The van der Waals surface area contributed by atoms with Crippen molar-refractivity contribution in [2.24, 2.45) is 0 Å². The molecule has 9 nitrogen and oxygen atoms in total. The zero-order valence-corrected chi connectivity index (χ0v) is 20.4. The lowest BCUT2D eigenvalue weighted by Crippen LogP contribution is -2.32. The van der Waals surface area contributed by atoms with Crippen LogP contribution in [0.2, 0.25) is 0 Å². The molecule has 10 heteroatoms. The Hall–Kier alpha value is -3.92. The molecular formula is C25H23BrN4O5. The van der Waals surface area contributed by atoms with Gasteiger partial charge in [0.1, 0.15) is 5.75 Å². The number of carbonyl (C=O) groups excluding carboxylic acids is 2. The van der Waals surface area contributed by atoms with E-state index in [-0.39, 0.29) is 28.9 Å². The van der Waals surface area contributed by atoms with Crippen LogP contribution in [0.3, 0.4) is 0 Å². The van der Waals surface area contributed by atoms with Crippen LogP contribution in [0.15, 0.2) is 71.2 Å². The molecule has 1 aliphatic heterocycles. The lowest BCUT2D eigenvalue weighted by Gasteiger charge is -2.23. The van der Waals surface area contributed by atoms with E-state index in [1.165, 1.54) is 18.2 Å². The Morgan fingerprint density at radius 1 is 1.17 bits per heavy atom. The van der Waals surface area contributed by atoms with Crippen molar-refractivity contribution in [3.05, 3.63) is 92.4 Å².